The minimum absolute atomic E-state index is 0.0475. The summed E-state index contributed by atoms with van der Waals surface area (Å²) in [6.07, 6.45) is 2.87. The number of amides is 1. The molecule has 1 aromatic rings. The normalized spacial score (nSPS) is 22.8. The number of carbonyl (C=O) groups is 1. The van der Waals surface area contributed by atoms with Crippen LogP contribution in [0, 0.1) is 5.92 Å². The third kappa shape index (κ3) is 4.53. The fourth-order valence-corrected chi connectivity index (χ4v) is 4.85. The van der Waals surface area contributed by atoms with Gasteiger partial charge in [0.25, 0.3) is 0 Å². The molecule has 2 heterocycles. The quantitative estimate of drug-likeness (QED) is 0.840. The minimum atomic E-state index is -3.48. The number of carbonyl (C=O) groups excluding carboxylic acids is 1. The highest BCUT2D eigenvalue weighted by atomic mass is 35.5. The molecule has 1 amide bonds. The van der Waals surface area contributed by atoms with Crippen LogP contribution in [0.4, 0.5) is 0 Å². The Morgan fingerprint density at radius 2 is 1.88 bits per heavy atom. The largest absolute Gasteiger partial charge is 0.368 e. The first-order chi connectivity index (χ1) is 12.0. The lowest BCUT2D eigenvalue weighted by atomic mass is 9.98. The molecule has 1 unspecified atom stereocenters. The van der Waals surface area contributed by atoms with Crippen molar-refractivity contribution in [3.05, 3.63) is 29.3 Å². The first kappa shape index (κ1) is 18.6. The summed E-state index contributed by atoms with van der Waals surface area (Å²) in [7, 11) is -3.48. The second-order valence-electron chi connectivity index (χ2n) is 6.55. The molecule has 0 spiro atoms. The molecule has 2 aliphatic rings. The van der Waals surface area contributed by atoms with Gasteiger partial charge in [0.1, 0.15) is 6.10 Å². The highest BCUT2D eigenvalue weighted by molar-refractivity contribution is 7.89. The summed E-state index contributed by atoms with van der Waals surface area (Å²) in [5.41, 5.74) is 0. The maximum Gasteiger partial charge on any atom is 0.249 e. The van der Waals surface area contributed by atoms with E-state index in [1.807, 2.05) is 0 Å². The molecule has 2 aliphatic heterocycles. The van der Waals surface area contributed by atoms with Crippen LogP contribution in [-0.4, -0.2) is 51.0 Å². The lowest BCUT2D eigenvalue weighted by molar-refractivity contribution is -0.130. The minimum Gasteiger partial charge on any atom is -0.368 e. The van der Waals surface area contributed by atoms with Gasteiger partial charge in [-0.2, -0.15) is 4.31 Å². The van der Waals surface area contributed by atoms with Crippen LogP contribution in [0.15, 0.2) is 29.2 Å². The Kier molecular flexibility index (Phi) is 5.99. The average Bonchev–Trinajstić information content (AvgIpc) is 3.15. The van der Waals surface area contributed by atoms with Crippen molar-refractivity contribution < 1.29 is 17.9 Å². The number of nitrogens with zero attached hydrogens (tertiary/aromatic N) is 1. The van der Waals surface area contributed by atoms with Crippen molar-refractivity contribution in [2.24, 2.45) is 5.92 Å². The van der Waals surface area contributed by atoms with Crippen LogP contribution in [0.5, 0.6) is 0 Å². The van der Waals surface area contributed by atoms with Crippen LogP contribution in [0.25, 0.3) is 0 Å². The smallest absolute Gasteiger partial charge is 0.249 e. The maximum absolute atomic E-state index is 12.6. The molecule has 8 heteroatoms. The summed E-state index contributed by atoms with van der Waals surface area (Å²) in [6.45, 7) is 2.16. The van der Waals surface area contributed by atoms with E-state index in [1.54, 1.807) is 12.1 Å². The van der Waals surface area contributed by atoms with Crippen molar-refractivity contribution in [2.75, 3.05) is 26.2 Å². The molecule has 1 N–H and O–H groups in total. The molecule has 3 rings (SSSR count). The van der Waals surface area contributed by atoms with E-state index in [1.165, 1.54) is 16.4 Å². The number of hydrogen-bond acceptors (Lipinski definition) is 4. The standard InChI is InChI=1S/C17H23ClN2O4S/c18-14-3-5-15(6-4-14)25(22,23)20-9-7-13(8-10-20)12-19-17(21)16-2-1-11-24-16/h3-6,13,16H,1-2,7-12H2,(H,19,21). The molecular formula is C17H23ClN2O4S. The zero-order valence-electron chi connectivity index (χ0n) is 14.0. The van der Waals surface area contributed by atoms with Gasteiger partial charge in [0.2, 0.25) is 15.9 Å². The Morgan fingerprint density at radius 3 is 2.48 bits per heavy atom. The number of hydrogen-bond donors (Lipinski definition) is 1. The van der Waals surface area contributed by atoms with Gasteiger partial charge in [0, 0.05) is 31.3 Å². The topological polar surface area (TPSA) is 75.7 Å². The highest BCUT2D eigenvalue weighted by Crippen LogP contribution is 2.24. The third-order valence-corrected chi connectivity index (χ3v) is 6.98. The van der Waals surface area contributed by atoms with Gasteiger partial charge < -0.3 is 10.1 Å². The molecule has 1 aromatic carbocycles. The zero-order chi connectivity index (χ0) is 17.9. The Bertz CT molecular complexity index is 694. The summed E-state index contributed by atoms with van der Waals surface area (Å²) in [4.78, 5) is 12.2. The lowest BCUT2D eigenvalue weighted by Crippen LogP contribution is -2.43. The molecule has 6 nitrogen and oxygen atoms in total. The summed E-state index contributed by atoms with van der Waals surface area (Å²) in [5.74, 6) is 0.246. The number of sulfonamides is 1. The van der Waals surface area contributed by atoms with Crippen LogP contribution in [-0.2, 0) is 19.6 Å². The molecular weight excluding hydrogens is 364 g/mol. The second-order valence-corrected chi connectivity index (χ2v) is 8.92. The van der Waals surface area contributed by atoms with Crippen LogP contribution in [0.2, 0.25) is 5.02 Å². The summed E-state index contributed by atoms with van der Waals surface area (Å²) >= 11 is 5.82. The fraction of sp³-hybridized carbons (Fsp3) is 0.588. The predicted octanol–water partition coefficient (Wildman–Crippen LogP) is 2.04. The van der Waals surface area contributed by atoms with Crippen molar-refractivity contribution in [1.82, 2.24) is 9.62 Å². The van der Waals surface area contributed by atoms with Crippen LogP contribution < -0.4 is 5.32 Å². The maximum atomic E-state index is 12.6. The van der Waals surface area contributed by atoms with Crippen molar-refractivity contribution in [3.8, 4) is 0 Å². The zero-order valence-corrected chi connectivity index (χ0v) is 15.6. The molecule has 2 saturated heterocycles. The Labute approximate surface area is 153 Å². The monoisotopic (exact) mass is 386 g/mol. The van der Waals surface area contributed by atoms with Gasteiger partial charge in [0.15, 0.2) is 0 Å². The predicted molar refractivity (Wildman–Crippen MR) is 94.9 cm³/mol. The molecule has 1 atom stereocenters. The van der Waals surface area contributed by atoms with Gasteiger partial charge >= 0.3 is 0 Å². The van der Waals surface area contributed by atoms with E-state index in [9.17, 15) is 13.2 Å². The summed E-state index contributed by atoms with van der Waals surface area (Å²) in [6, 6.07) is 6.24. The molecule has 0 aromatic heterocycles. The van der Waals surface area contributed by atoms with Crippen molar-refractivity contribution in [3.63, 3.8) is 0 Å². The number of piperidine rings is 1. The van der Waals surface area contributed by atoms with E-state index in [2.05, 4.69) is 5.32 Å². The number of halogens is 1. The molecule has 2 fully saturated rings. The van der Waals surface area contributed by atoms with E-state index in [-0.39, 0.29) is 16.9 Å². The second kappa shape index (κ2) is 8.03. The SMILES string of the molecule is O=C(NCC1CCN(S(=O)(=O)c2ccc(Cl)cc2)CC1)C1CCCO1. The van der Waals surface area contributed by atoms with Gasteiger partial charge in [0.05, 0.1) is 4.90 Å². The molecule has 0 saturated carbocycles. The first-order valence-corrected chi connectivity index (χ1v) is 10.4. The van der Waals surface area contributed by atoms with Gasteiger partial charge in [-0.3, -0.25) is 4.79 Å². The number of nitrogens with one attached hydrogen (secondary N) is 1. The summed E-state index contributed by atoms with van der Waals surface area (Å²) in [5, 5.41) is 3.45. The number of benzene rings is 1. The van der Waals surface area contributed by atoms with E-state index in [4.69, 9.17) is 16.3 Å². The average molecular weight is 387 g/mol. The molecule has 0 bridgehead atoms. The fourth-order valence-electron chi connectivity index (χ4n) is 3.25. The molecule has 0 radical (unpaired) electrons. The van der Waals surface area contributed by atoms with Gasteiger partial charge in [-0.05, 0) is 55.9 Å². The third-order valence-electron chi connectivity index (χ3n) is 4.81. The van der Waals surface area contributed by atoms with E-state index in [0.29, 0.717) is 37.2 Å². The molecule has 0 aliphatic carbocycles. The highest BCUT2D eigenvalue weighted by Gasteiger charge is 2.30. The van der Waals surface area contributed by atoms with E-state index >= 15 is 0 Å². The lowest BCUT2D eigenvalue weighted by Gasteiger charge is -2.31. The van der Waals surface area contributed by atoms with Crippen molar-refractivity contribution in [1.29, 1.82) is 0 Å². The Hall–Kier alpha value is -1.15. The van der Waals surface area contributed by atoms with Gasteiger partial charge in [-0.25, -0.2) is 8.42 Å². The molecule has 138 valence electrons. The number of rotatable bonds is 5. The summed E-state index contributed by atoms with van der Waals surface area (Å²) < 4.78 is 32.2. The van der Waals surface area contributed by atoms with Gasteiger partial charge in [-0.15, -0.1) is 0 Å². The van der Waals surface area contributed by atoms with Crippen LogP contribution >= 0.6 is 11.6 Å². The van der Waals surface area contributed by atoms with E-state index in [0.717, 1.165) is 25.7 Å². The van der Waals surface area contributed by atoms with E-state index < -0.39 is 10.0 Å². The van der Waals surface area contributed by atoms with Gasteiger partial charge in [-0.1, -0.05) is 11.6 Å². The Morgan fingerprint density at radius 1 is 1.20 bits per heavy atom. The van der Waals surface area contributed by atoms with Crippen LogP contribution in [0.3, 0.4) is 0 Å². The Balaban J connectivity index is 1.49. The number of ether oxygens (including phenoxy) is 1. The van der Waals surface area contributed by atoms with Crippen LogP contribution in [0.1, 0.15) is 25.7 Å². The molecule has 25 heavy (non-hydrogen) atoms. The van der Waals surface area contributed by atoms with Crippen molar-refractivity contribution in [2.45, 2.75) is 36.7 Å². The first-order valence-electron chi connectivity index (χ1n) is 8.62. The van der Waals surface area contributed by atoms with Crippen molar-refractivity contribution >= 4 is 27.5 Å².